The molecule has 2 rings (SSSR count). The first-order valence-electron chi connectivity index (χ1n) is 9.23. The maximum atomic E-state index is 12.3. The normalized spacial score (nSPS) is 11.2. The monoisotopic (exact) mass is 418 g/mol. The van der Waals surface area contributed by atoms with Gasteiger partial charge in [-0.05, 0) is 30.0 Å². The zero-order valence-electron chi connectivity index (χ0n) is 17.3. The minimum Gasteiger partial charge on any atom is -0.466 e. The van der Waals surface area contributed by atoms with Crippen LogP contribution in [-0.4, -0.2) is 44.9 Å². The Morgan fingerprint density at radius 2 is 1.79 bits per heavy atom. The average Bonchev–Trinajstić information content (AvgIpc) is 2.99. The number of amides is 2. The lowest BCUT2D eigenvalue weighted by molar-refractivity contribution is -0.142. The van der Waals surface area contributed by atoms with Crippen LogP contribution in [-0.2, 0) is 33.2 Å². The number of esters is 1. The highest BCUT2D eigenvalue weighted by Gasteiger charge is 2.17. The van der Waals surface area contributed by atoms with Crippen LogP contribution in [0.1, 0.15) is 49.4 Å². The Hall–Kier alpha value is -2.68. The van der Waals surface area contributed by atoms with Crippen LogP contribution >= 0.6 is 11.8 Å². The van der Waals surface area contributed by atoms with Crippen molar-refractivity contribution >= 4 is 29.5 Å². The highest BCUT2D eigenvalue weighted by molar-refractivity contribution is 7.99. The minimum atomic E-state index is -0.447. The molecule has 0 aliphatic heterocycles. The molecule has 29 heavy (non-hydrogen) atoms. The number of rotatable bonds is 7. The SMILES string of the molecule is CCOC(=O)Cc1nnc(SCC(=O)NC(=O)c2ccc(C(C)(C)C)cc2)n1C. The summed E-state index contributed by atoms with van der Waals surface area (Å²) in [5.41, 5.74) is 1.52. The molecular formula is C20H26N4O4S. The molecule has 2 amide bonds. The number of benzene rings is 1. The van der Waals surface area contributed by atoms with Gasteiger partial charge < -0.3 is 9.30 Å². The fraction of sp³-hybridized carbons (Fsp3) is 0.450. The summed E-state index contributed by atoms with van der Waals surface area (Å²) >= 11 is 1.13. The second-order valence-corrected chi connectivity index (χ2v) is 8.38. The number of carbonyl (C=O) groups is 3. The van der Waals surface area contributed by atoms with Crippen molar-refractivity contribution in [3.05, 3.63) is 41.2 Å². The molecule has 156 valence electrons. The van der Waals surface area contributed by atoms with Crippen LogP contribution < -0.4 is 5.32 Å². The number of ether oxygens (including phenoxy) is 1. The summed E-state index contributed by atoms with van der Waals surface area (Å²) in [6.45, 7) is 8.30. The average molecular weight is 419 g/mol. The third kappa shape index (κ3) is 6.42. The van der Waals surface area contributed by atoms with E-state index >= 15 is 0 Å². The van der Waals surface area contributed by atoms with E-state index in [9.17, 15) is 14.4 Å². The van der Waals surface area contributed by atoms with E-state index in [1.807, 2.05) is 12.1 Å². The van der Waals surface area contributed by atoms with Gasteiger partial charge in [0.15, 0.2) is 5.16 Å². The summed E-state index contributed by atoms with van der Waals surface area (Å²) < 4.78 is 6.52. The molecule has 2 aromatic rings. The van der Waals surface area contributed by atoms with Crippen LogP contribution in [0, 0.1) is 0 Å². The molecule has 0 aliphatic rings. The maximum absolute atomic E-state index is 12.3. The van der Waals surface area contributed by atoms with E-state index in [2.05, 4.69) is 36.3 Å². The summed E-state index contributed by atoms with van der Waals surface area (Å²) in [4.78, 5) is 35.9. The van der Waals surface area contributed by atoms with Gasteiger partial charge in [-0.2, -0.15) is 0 Å². The molecule has 8 nitrogen and oxygen atoms in total. The smallest absolute Gasteiger partial charge is 0.313 e. The van der Waals surface area contributed by atoms with Gasteiger partial charge in [0.05, 0.1) is 12.4 Å². The topological polar surface area (TPSA) is 103 Å². The molecule has 1 heterocycles. The molecule has 0 saturated carbocycles. The highest BCUT2D eigenvalue weighted by Crippen LogP contribution is 2.22. The zero-order chi connectivity index (χ0) is 21.6. The van der Waals surface area contributed by atoms with Crippen LogP contribution in [0.15, 0.2) is 29.4 Å². The van der Waals surface area contributed by atoms with Gasteiger partial charge >= 0.3 is 5.97 Å². The van der Waals surface area contributed by atoms with E-state index in [4.69, 9.17) is 4.74 Å². The van der Waals surface area contributed by atoms with Gasteiger partial charge in [0.25, 0.3) is 5.91 Å². The molecule has 0 radical (unpaired) electrons. The summed E-state index contributed by atoms with van der Waals surface area (Å²) in [5.74, 6) is -0.828. The van der Waals surface area contributed by atoms with E-state index in [1.54, 1.807) is 30.7 Å². The second kappa shape index (κ2) is 9.69. The molecular weight excluding hydrogens is 392 g/mol. The molecule has 0 saturated heterocycles. The lowest BCUT2D eigenvalue weighted by Gasteiger charge is -2.18. The molecule has 1 N–H and O–H groups in total. The Labute approximate surface area is 174 Å². The fourth-order valence-electron chi connectivity index (χ4n) is 2.45. The van der Waals surface area contributed by atoms with Crippen molar-refractivity contribution in [2.45, 2.75) is 44.7 Å². The number of hydrogen-bond donors (Lipinski definition) is 1. The van der Waals surface area contributed by atoms with E-state index in [0.29, 0.717) is 23.2 Å². The van der Waals surface area contributed by atoms with Crippen molar-refractivity contribution in [3.63, 3.8) is 0 Å². The number of nitrogens with zero attached hydrogens (tertiary/aromatic N) is 3. The van der Waals surface area contributed by atoms with E-state index < -0.39 is 11.8 Å². The van der Waals surface area contributed by atoms with Gasteiger partial charge in [0.1, 0.15) is 12.2 Å². The summed E-state index contributed by atoms with van der Waals surface area (Å²) in [6, 6.07) is 7.19. The first-order chi connectivity index (χ1) is 13.6. The lowest BCUT2D eigenvalue weighted by Crippen LogP contribution is -2.32. The lowest BCUT2D eigenvalue weighted by atomic mass is 9.87. The Morgan fingerprint density at radius 3 is 2.38 bits per heavy atom. The number of imide groups is 1. The molecule has 0 atom stereocenters. The standard InChI is InChI=1S/C20H26N4O4S/c1-6-28-17(26)11-15-22-23-19(24(15)5)29-12-16(25)21-18(27)13-7-9-14(10-8-13)20(2,3)4/h7-10H,6,11-12H2,1-5H3,(H,21,25,27). The number of nitrogens with one attached hydrogen (secondary N) is 1. The molecule has 0 aliphatic carbocycles. The number of hydrogen-bond acceptors (Lipinski definition) is 7. The van der Waals surface area contributed by atoms with E-state index in [1.165, 1.54) is 0 Å². The molecule has 0 fully saturated rings. The Balaban J connectivity index is 1.89. The fourth-order valence-corrected chi connectivity index (χ4v) is 3.18. The Morgan fingerprint density at radius 1 is 1.14 bits per heavy atom. The van der Waals surface area contributed by atoms with Crippen molar-refractivity contribution in [2.24, 2.45) is 7.05 Å². The van der Waals surface area contributed by atoms with Crippen LogP contribution in [0.25, 0.3) is 0 Å². The van der Waals surface area contributed by atoms with Crippen LogP contribution in [0.3, 0.4) is 0 Å². The quantitative estimate of drug-likeness (QED) is 0.543. The van der Waals surface area contributed by atoms with Crippen LogP contribution in [0.5, 0.6) is 0 Å². The van der Waals surface area contributed by atoms with Crippen molar-refractivity contribution in [1.29, 1.82) is 0 Å². The van der Waals surface area contributed by atoms with Crippen LogP contribution in [0.4, 0.5) is 0 Å². The van der Waals surface area contributed by atoms with Gasteiger partial charge in [-0.1, -0.05) is 44.7 Å². The Bertz CT molecular complexity index is 885. The van der Waals surface area contributed by atoms with E-state index in [0.717, 1.165) is 17.3 Å². The van der Waals surface area contributed by atoms with Crippen molar-refractivity contribution in [2.75, 3.05) is 12.4 Å². The van der Waals surface area contributed by atoms with Crippen molar-refractivity contribution in [3.8, 4) is 0 Å². The molecule has 0 spiro atoms. The highest BCUT2D eigenvalue weighted by atomic mass is 32.2. The summed E-state index contributed by atoms with van der Waals surface area (Å²) in [6.07, 6.45) is 0.00709. The van der Waals surface area contributed by atoms with Crippen molar-refractivity contribution in [1.82, 2.24) is 20.1 Å². The molecule has 1 aromatic carbocycles. The minimum absolute atomic E-state index is 0.00278. The molecule has 0 bridgehead atoms. The predicted molar refractivity (Wildman–Crippen MR) is 110 cm³/mol. The predicted octanol–water partition coefficient (Wildman–Crippen LogP) is 2.27. The molecule has 9 heteroatoms. The first-order valence-corrected chi connectivity index (χ1v) is 10.2. The van der Waals surface area contributed by atoms with Gasteiger partial charge in [-0.3, -0.25) is 19.7 Å². The number of thioether (sulfide) groups is 1. The second-order valence-electron chi connectivity index (χ2n) is 7.43. The number of aromatic nitrogens is 3. The van der Waals surface area contributed by atoms with E-state index in [-0.39, 0.29) is 23.6 Å². The van der Waals surface area contributed by atoms with Crippen LogP contribution in [0.2, 0.25) is 0 Å². The van der Waals surface area contributed by atoms with Gasteiger partial charge in [0.2, 0.25) is 5.91 Å². The van der Waals surface area contributed by atoms with Gasteiger partial charge in [-0.15, -0.1) is 10.2 Å². The zero-order valence-corrected chi connectivity index (χ0v) is 18.1. The number of carbonyl (C=O) groups excluding carboxylic acids is 3. The van der Waals surface area contributed by atoms with Gasteiger partial charge in [0, 0.05) is 12.6 Å². The first kappa shape index (κ1) is 22.6. The van der Waals surface area contributed by atoms with Crippen molar-refractivity contribution < 1.29 is 19.1 Å². The molecule has 1 aromatic heterocycles. The third-order valence-corrected chi connectivity index (χ3v) is 5.15. The Kier molecular flexibility index (Phi) is 7.55. The summed E-state index contributed by atoms with van der Waals surface area (Å²) in [7, 11) is 1.71. The largest absolute Gasteiger partial charge is 0.466 e. The maximum Gasteiger partial charge on any atom is 0.313 e. The summed E-state index contributed by atoms with van der Waals surface area (Å²) in [5, 5.41) is 10.8. The third-order valence-electron chi connectivity index (χ3n) is 4.13. The van der Waals surface area contributed by atoms with Gasteiger partial charge in [-0.25, -0.2) is 0 Å². The molecule has 0 unspecified atom stereocenters.